The van der Waals surface area contributed by atoms with Crippen molar-refractivity contribution in [3.05, 3.63) is 23.8 Å². The Kier molecular flexibility index (Phi) is 5.50. The highest BCUT2D eigenvalue weighted by molar-refractivity contribution is 7.89. The molecular formula is C17H27NO3S. The maximum atomic E-state index is 13.0. The van der Waals surface area contributed by atoms with Crippen molar-refractivity contribution < 1.29 is 13.2 Å². The van der Waals surface area contributed by atoms with Gasteiger partial charge in [0.2, 0.25) is 10.0 Å². The van der Waals surface area contributed by atoms with Crippen LogP contribution in [0.5, 0.6) is 5.75 Å². The first kappa shape index (κ1) is 17.3. The van der Waals surface area contributed by atoms with E-state index in [1.165, 1.54) is 0 Å². The number of nitrogens with zero attached hydrogens (tertiary/aromatic N) is 1. The average molecular weight is 325 g/mol. The van der Waals surface area contributed by atoms with E-state index in [0.29, 0.717) is 36.3 Å². The molecule has 1 heterocycles. The van der Waals surface area contributed by atoms with Gasteiger partial charge < -0.3 is 4.74 Å². The van der Waals surface area contributed by atoms with Crippen LogP contribution in [0.3, 0.4) is 0 Å². The Balaban J connectivity index is 2.45. The molecule has 22 heavy (non-hydrogen) atoms. The van der Waals surface area contributed by atoms with Crippen molar-refractivity contribution in [1.82, 2.24) is 4.31 Å². The summed E-state index contributed by atoms with van der Waals surface area (Å²) in [4.78, 5) is 0.314. The maximum Gasteiger partial charge on any atom is 0.246 e. The van der Waals surface area contributed by atoms with Gasteiger partial charge in [-0.05, 0) is 49.3 Å². The van der Waals surface area contributed by atoms with Gasteiger partial charge in [-0.2, -0.15) is 4.31 Å². The third-order valence-electron chi connectivity index (χ3n) is 4.17. The SMILES string of the molecule is CCOc1ccc(C(C)C)cc1S(=O)(=O)N1CCCC(C)C1. The molecule has 0 N–H and O–H groups in total. The van der Waals surface area contributed by atoms with E-state index in [9.17, 15) is 8.42 Å². The second-order valence-corrected chi connectivity index (χ2v) is 8.31. The fraction of sp³-hybridized carbons (Fsp3) is 0.647. The van der Waals surface area contributed by atoms with E-state index >= 15 is 0 Å². The molecule has 0 amide bonds. The highest BCUT2D eigenvalue weighted by atomic mass is 32.2. The standard InChI is InChI=1S/C17H27NO3S/c1-5-21-16-9-8-15(13(2)3)11-17(16)22(19,20)18-10-6-7-14(4)12-18/h8-9,11,13-14H,5-7,10,12H2,1-4H3. The number of piperidine rings is 1. The van der Waals surface area contributed by atoms with Crippen molar-refractivity contribution in [2.75, 3.05) is 19.7 Å². The lowest BCUT2D eigenvalue weighted by Crippen LogP contribution is -2.39. The Hall–Kier alpha value is -1.07. The Morgan fingerprint density at radius 3 is 2.68 bits per heavy atom. The lowest BCUT2D eigenvalue weighted by atomic mass is 10.0. The van der Waals surface area contributed by atoms with Crippen LogP contribution in [0.1, 0.15) is 52.0 Å². The van der Waals surface area contributed by atoms with E-state index in [4.69, 9.17) is 4.74 Å². The van der Waals surface area contributed by atoms with Crippen LogP contribution in [0, 0.1) is 5.92 Å². The number of hydrogen-bond donors (Lipinski definition) is 0. The largest absolute Gasteiger partial charge is 0.492 e. The van der Waals surface area contributed by atoms with Crippen LogP contribution in [-0.2, 0) is 10.0 Å². The molecular weight excluding hydrogens is 298 g/mol. The molecule has 0 aromatic heterocycles. The van der Waals surface area contributed by atoms with Gasteiger partial charge in [-0.3, -0.25) is 0 Å². The minimum atomic E-state index is -3.50. The van der Waals surface area contributed by atoms with E-state index in [1.54, 1.807) is 16.4 Å². The van der Waals surface area contributed by atoms with E-state index < -0.39 is 10.0 Å². The van der Waals surface area contributed by atoms with Gasteiger partial charge in [0, 0.05) is 13.1 Å². The Labute approximate surface area is 134 Å². The molecule has 1 saturated heterocycles. The molecule has 4 nitrogen and oxygen atoms in total. The van der Waals surface area contributed by atoms with Gasteiger partial charge >= 0.3 is 0 Å². The van der Waals surface area contributed by atoms with E-state index in [-0.39, 0.29) is 5.92 Å². The highest BCUT2D eigenvalue weighted by Gasteiger charge is 2.31. The molecule has 1 aliphatic rings. The zero-order valence-corrected chi connectivity index (χ0v) is 14.8. The number of sulfonamides is 1. The lowest BCUT2D eigenvalue weighted by molar-refractivity contribution is 0.278. The molecule has 1 atom stereocenters. The van der Waals surface area contributed by atoms with Crippen LogP contribution < -0.4 is 4.74 Å². The average Bonchev–Trinajstić information content (AvgIpc) is 2.47. The summed E-state index contributed by atoms with van der Waals surface area (Å²) in [5.41, 5.74) is 1.02. The van der Waals surface area contributed by atoms with Crippen molar-refractivity contribution in [1.29, 1.82) is 0 Å². The number of benzene rings is 1. The predicted octanol–water partition coefficient (Wildman–Crippen LogP) is 3.63. The number of rotatable bonds is 5. The molecule has 124 valence electrons. The second kappa shape index (κ2) is 7.01. The van der Waals surface area contributed by atoms with Crippen molar-refractivity contribution >= 4 is 10.0 Å². The first-order chi connectivity index (χ1) is 10.4. The first-order valence-electron chi connectivity index (χ1n) is 8.13. The van der Waals surface area contributed by atoms with Crippen LogP contribution in [0.25, 0.3) is 0 Å². The van der Waals surface area contributed by atoms with Gasteiger partial charge in [-0.25, -0.2) is 8.42 Å². The van der Waals surface area contributed by atoms with Crippen LogP contribution in [0.4, 0.5) is 0 Å². The highest BCUT2D eigenvalue weighted by Crippen LogP contribution is 2.32. The molecule has 5 heteroatoms. The molecule has 0 spiro atoms. The van der Waals surface area contributed by atoms with Crippen molar-refractivity contribution in [2.45, 2.75) is 51.3 Å². The molecule has 1 aromatic rings. The molecule has 1 fully saturated rings. The fourth-order valence-corrected chi connectivity index (χ4v) is 4.63. The summed E-state index contributed by atoms with van der Waals surface area (Å²) in [6.45, 7) is 9.76. The summed E-state index contributed by atoms with van der Waals surface area (Å²) < 4.78 is 33.3. The van der Waals surface area contributed by atoms with Gasteiger partial charge in [0.15, 0.2) is 0 Å². The molecule has 0 aliphatic carbocycles. The smallest absolute Gasteiger partial charge is 0.246 e. The Morgan fingerprint density at radius 1 is 1.36 bits per heavy atom. The van der Waals surface area contributed by atoms with Gasteiger partial charge in [0.25, 0.3) is 0 Å². The van der Waals surface area contributed by atoms with Crippen LogP contribution >= 0.6 is 0 Å². The van der Waals surface area contributed by atoms with Crippen molar-refractivity contribution in [3.63, 3.8) is 0 Å². The van der Waals surface area contributed by atoms with E-state index in [1.807, 2.05) is 13.0 Å². The summed E-state index contributed by atoms with van der Waals surface area (Å²) in [5.74, 6) is 1.15. The van der Waals surface area contributed by atoms with Gasteiger partial charge in [-0.15, -0.1) is 0 Å². The van der Waals surface area contributed by atoms with Gasteiger partial charge in [-0.1, -0.05) is 26.8 Å². The lowest BCUT2D eigenvalue weighted by Gasteiger charge is -2.30. The van der Waals surface area contributed by atoms with Gasteiger partial charge in [0.1, 0.15) is 10.6 Å². The molecule has 1 aromatic carbocycles. The molecule has 1 unspecified atom stereocenters. The monoisotopic (exact) mass is 325 g/mol. The molecule has 0 radical (unpaired) electrons. The van der Waals surface area contributed by atoms with Crippen molar-refractivity contribution in [2.24, 2.45) is 5.92 Å². The summed E-state index contributed by atoms with van der Waals surface area (Å²) >= 11 is 0. The zero-order valence-electron chi connectivity index (χ0n) is 14.0. The third-order valence-corrected chi connectivity index (χ3v) is 6.06. The van der Waals surface area contributed by atoms with Crippen molar-refractivity contribution in [3.8, 4) is 5.75 Å². The molecule has 1 aliphatic heterocycles. The van der Waals surface area contributed by atoms with Crippen LogP contribution in [-0.4, -0.2) is 32.4 Å². The third kappa shape index (κ3) is 3.63. The van der Waals surface area contributed by atoms with E-state index in [0.717, 1.165) is 18.4 Å². The Bertz CT molecular complexity index is 610. The second-order valence-electron chi connectivity index (χ2n) is 6.40. The minimum absolute atomic E-state index is 0.282. The summed E-state index contributed by atoms with van der Waals surface area (Å²) in [5, 5.41) is 0. The molecule has 2 rings (SSSR count). The van der Waals surface area contributed by atoms with E-state index in [2.05, 4.69) is 20.8 Å². The normalized spacial score (nSPS) is 20.3. The summed E-state index contributed by atoms with van der Waals surface area (Å²) in [6.07, 6.45) is 2.02. The predicted molar refractivity (Wildman–Crippen MR) is 88.9 cm³/mol. The van der Waals surface area contributed by atoms with Crippen LogP contribution in [0.15, 0.2) is 23.1 Å². The fourth-order valence-electron chi connectivity index (χ4n) is 2.86. The zero-order chi connectivity index (χ0) is 16.3. The van der Waals surface area contributed by atoms with Gasteiger partial charge in [0.05, 0.1) is 6.61 Å². The summed E-state index contributed by atoms with van der Waals surface area (Å²) in [7, 11) is -3.50. The number of ether oxygens (including phenoxy) is 1. The molecule has 0 bridgehead atoms. The maximum absolute atomic E-state index is 13.0. The number of hydrogen-bond acceptors (Lipinski definition) is 3. The topological polar surface area (TPSA) is 46.6 Å². The first-order valence-corrected chi connectivity index (χ1v) is 9.57. The van der Waals surface area contributed by atoms with Crippen LogP contribution in [0.2, 0.25) is 0 Å². The quantitative estimate of drug-likeness (QED) is 0.830. The minimum Gasteiger partial charge on any atom is -0.492 e. The Morgan fingerprint density at radius 2 is 2.09 bits per heavy atom. The summed E-state index contributed by atoms with van der Waals surface area (Å²) in [6, 6.07) is 5.52. The molecule has 0 saturated carbocycles.